The summed E-state index contributed by atoms with van der Waals surface area (Å²) < 4.78 is 0. The monoisotopic (exact) mass is 221 g/mol. The van der Waals surface area contributed by atoms with Crippen LogP contribution in [0.1, 0.15) is 17.3 Å². The van der Waals surface area contributed by atoms with Crippen LogP contribution >= 0.6 is 0 Å². The number of aliphatic hydroxyl groups excluding tert-OH is 1. The molecule has 0 fully saturated rings. The number of amides is 1. The number of hydroxylamine groups is 2. The van der Waals surface area contributed by atoms with E-state index in [2.05, 4.69) is 6.58 Å². The van der Waals surface area contributed by atoms with Crippen molar-refractivity contribution >= 4 is 5.91 Å². The number of rotatable bonds is 4. The summed E-state index contributed by atoms with van der Waals surface area (Å²) in [5.74, 6) is -0.553. The molecule has 1 atom stereocenters. The molecule has 4 heteroatoms. The number of carbonyl (C=O) groups is 1. The summed E-state index contributed by atoms with van der Waals surface area (Å²) in [7, 11) is 0. The van der Waals surface area contributed by atoms with Crippen LogP contribution in [0.15, 0.2) is 42.5 Å². The van der Waals surface area contributed by atoms with Crippen molar-refractivity contribution < 1.29 is 15.1 Å². The molecule has 86 valence electrons. The molecule has 0 aliphatic carbocycles. The first-order valence-corrected chi connectivity index (χ1v) is 4.91. The fourth-order valence-corrected chi connectivity index (χ4v) is 1.30. The second-order valence-electron chi connectivity index (χ2n) is 3.56. The number of nitrogens with zero attached hydrogens (tertiary/aromatic N) is 1. The summed E-state index contributed by atoms with van der Waals surface area (Å²) in [6.45, 7) is 4.89. The first-order valence-electron chi connectivity index (χ1n) is 4.91. The van der Waals surface area contributed by atoms with Crippen molar-refractivity contribution in [2.24, 2.45) is 0 Å². The fraction of sp³-hybridized carbons (Fsp3) is 0.250. The minimum Gasteiger partial charge on any atom is -0.394 e. The number of aliphatic hydroxyl groups is 1. The quantitative estimate of drug-likeness (QED) is 0.459. The second-order valence-corrected chi connectivity index (χ2v) is 3.56. The molecule has 0 radical (unpaired) electrons. The number of hydrogen-bond acceptors (Lipinski definition) is 3. The predicted octanol–water partition coefficient (Wildman–Crippen LogP) is 1.45. The Labute approximate surface area is 94.4 Å². The Hall–Kier alpha value is -1.65. The molecule has 1 aromatic carbocycles. The molecule has 1 unspecified atom stereocenters. The van der Waals surface area contributed by atoms with Crippen LogP contribution in [0.2, 0.25) is 0 Å². The van der Waals surface area contributed by atoms with Crippen molar-refractivity contribution in [3.8, 4) is 0 Å². The van der Waals surface area contributed by atoms with E-state index in [1.165, 1.54) is 0 Å². The molecule has 0 heterocycles. The van der Waals surface area contributed by atoms with Crippen LogP contribution in [0.25, 0.3) is 0 Å². The minimum atomic E-state index is -0.771. The zero-order valence-electron chi connectivity index (χ0n) is 9.13. The Morgan fingerprint density at radius 1 is 1.44 bits per heavy atom. The van der Waals surface area contributed by atoms with Crippen LogP contribution < -0.4 is 0 Å². The summed E-state index contributed by atoms with van der Waals surface area (Å²) >= 11 is 0. The summed E-state index contributed by atoms with van der Waals surface area (Å²) in [5, 5.41) is 19.2. The maximum absolute atomic E-state index is 11.8. The zero-order valence-corrected chi connectivity index (χ0v) is 9.13. The van der Waals surface area contributed by atoms with Crippen molar-refractivity contribution in [1.82, 2.24) is 5.06 Å². The van der Waals surface area contributed by atoms with Gasteiger partial charge >= 0.3 is 0 Å². The van der Waals surface area contributed by atoms with Gasteiger partial charge in [0.2, 0.25) is 0 Å². The number of hydrogen-bond donors (Lipinski definition) is 2. The molecule has 2 N–H and O–H groups in total. The summed E-state index contributed by atoms with van der Waals surface area (Å²) in [4.78, 5) is 11.8. The average Bonchev–Trinajstić information content (AvgIpc) is 2.29. The van der Waals surface area contributed by atoms with Gasteiger partial charge in [0.1, 0.15) is 6.04 Å². The minimum absolute atomic E-state index is 0.357. The van der Waals surface area contributed by atoms with E-state index >= 15 is 0 Å². The van der Waals surface area contributed by atoms with E-state index in [0.29, 0.717) is 16.2 Å². The summed E-state index contributed by atoms with van der Waals surface area (Å²) in [5.41, 5.74) is 0.888. The van der Waals surface area contributed by atoms with Gasteiger partial charge in [-0.3, -0.25) is 10.0 Å². The van der Waals surface area contributed by atoms with Crippen LogP contribution in [-0.2, 0) is 0 Å². The Balaban J connectivity index is 2.86. The Morgan fingerprint density at radius 2 is 2.00 bits per heavy atom. The second kappa shape index (κ2) is 5.44. The largest absolute Gasteiger partial charge is 0.394 e. The molecule has 0 saturated carbocycles. The van der Waals surface area contributed by atoms with Gasteiger partial charge in [0, 0.05) is 5.56 Å². The van der Waals surface area contributed by atoms with Gasteiger partial charge in [-0.25, -0.2) is 5.06 Å². The van der Waals surface area contributed by atoms with Gasteiger partial charge in [0.25, 0.3) is 5.91 Å². The molecule has 0 spiro atoms. The smallest absolute Gasteiger partial charge is 0.277 e. The van der Waals surface area contributed by atoms with Crippen LogP contribution in [-0.4, -0.2) is 33.9 Å². The molecule has 0 aromatic heterocycles. The average molecular weight is 221 g/mol. The van der Waals surface area contributed by atoms with E-state index in [1.54, 1.807) is 37.3 Å². The first-order chi connectivity index (χ1) is 7.57. The lowest BCUT2D eigenvalue weighted by Gasteiger charge is -2.24. The van der Waals surface area contributed by atoms with Crippen molar-refractivity contribution in [2.45, 2.75) is 13.0 Å². The molecule has 1 rings (SSSR count). The van der Waals surface area contributed by atoms with E-state index < -0.39 is 11.9 Å². The van der Waals surface area contributed by atoms with Gasteiger partial charge in [-0.1, -0.05) is 30.4 Å². The van der Waals surface area contributed by atoms with Gasteiger partial charge in [-0.05, 0) is 19.1 Å². The van der Waals surface area contributed by atoms with Gasteiger partial charge < -0.3 is 5.11 Å². The Kier molecular flexibility index (Phi) is 4.22. The molecule has 1 amide bonds. The summed E-state index contributed by atoms with van der Waals surface area (Å²) in [6, 6.07) is 7.61. The third-order valence-corrected chi connectivity index (χ3v) is 2.27. The van der Waals surface area contributed by atoms with Gasteiger partial charge in [-0.2, -0.15) is 0 Å². The van der Waals surface area contributed by atoms with Gasteiger partial charge in [0.05, 0.1) is 6.61 Å². The highest BCUT2D eigenvalue weighted by molar-refractivity contribution is 5.93. The fourth-order valence-electron chi connectivity index (χ4n) is 1.30. The van der Waals surface area contributed by atoms with Crippen LogP contribution in [0.5, 0.6) is 0 Å². The van der Waals surface area contributed by atoms with E-state index in [-0.39, 0.29) is 6.61 Å². The van der Waals surface area contributed by atoms with Crippen LogP contribution in [0.3, 0.4) is 0 Å². The highest BCUT2D eigenvalue weighted by Gasteiger charge is 2.22. The Bertz CT molecular complexity index is 375. The zero-order chi connectivity index (χ0) is 12.1. The molecule has 0 aliphatic rings. The van der Waals surface area contributed by atoms with E-state index in [4.69, 9.17) is 5.11 Å². The van der Waals surface area contributed by atoms with Crippen molar-refractivity contribution in [1.29, 1.82) is 0 Å². The SMILES string of the molecule is C=C(C)C(CO)N(O)C(=O)c1ccccc1. The van der Waals surface area contributed by atoms with Crippen molar-refractivity contribution in [2.75, 3.05) is 6.61 Å². The standard InChI is InChI=1S/C12H15NO3/c1-9(2)11(8-14)13(16)12(15)10-6-4-3-5-7-10/h3-7,11,14,16H,1,8H2,2H3. The van der Waals surface area contributed by atoms with E-state index in [1.807, 2.05) is 0 Å². The molecule has 0 aliphatic heterocycles. The first kappa shape index (κ1) is 12.4. The third kappa shape index (κ3) is 2.68. The maximum Gasteiger partial charge on any atom is 0.277 e. The number of benzene rings is 1. The highest BCUT2D eigenvalue weighted by atomic mass is 16.5. The molecule has 4 nitrogen and oxygen atoms in total. The van der Waals surface area contributed by atoms with Gasteiger partial charge in [-0.15, -0.1) is 0 Å². The summed E-state index contributed by atoms with van der Waals surface area (Å²) in [6.07, 6.45) is 0. The predicted molar refractivity (Wildman–Crippen MR) is 60.1 cm³/mol. The molecular weight excluding hydrogens is 206 g/mol. The lowest BCUT2D eigenvalue weighted by atomic mass is 10.1. The molecule has 0 saturated heterocycles. The van der Waals surface area contributed by atoms with Crippen LogP contribution in [0, 0.1) is 0 Å². The number of carbonyl (C=O) groups excluding carboxylic acids is 1. The molecular formula is C12H15NO3. The van der Waals surface area contributed by atoms with E-state index in [9.17, 15) is 10.0 Å². The Morgan fingerprint density at radius 3 is 2.44 bits per heavy atom. The van der Waals surface area contributed by atoms with Crippen molar-refractivity contribution in [3.63, 3.8) is 0 Å². The lowest BCUT2D eigenvalue weighted by molar-refractivity contribution is -0.0894. The maximum atomic E-state index is 11.8. The van der Waals surface area contributed by atoms with Gasteiger partial charge in [0.15, 0.2) is 0 Å². The normalized spacial score (nSPS) is 11.9. The van der Waals surface area contributed by atoms with E-state index in [0.717, 1.165) is 0 Å². The molecule has 16 heavy (non-hydrogen) atoms. The third-order valence-electron chi connectivity index (χ3n) is 2.27. The van der Waals surface area contributed by atoms with Crippen LogP contribution in [0.4, 0.5) is 0 Å². The molecule has 0 bridgehead atoms. The highest BCUT2D eigenvalue weighted by Crippen LogP contribution is 2.10. The molecule has 1 aromatic rings. The topological polar surface area (TPSA) is 60.8 Å². The lowest BCUT2D eigenvalue weighted by Crippen LogP contribution is -2.40. The van der Waals surface area contributed by atoms with Crippen molar-refractivity contribution in [3.05, 3.63) is 48.0 Å².